The quantitative estimate of drug-likeness (QED) is 0.577. The standard InChI is InChI=1S/C27H33N5O3/c1-2-35-25-9-5-4-8-23(25)29-27(34)31-15-10-20(11-16-31)21-12-17-32-24(18-21)22(19-28-32)26(33)30-13-6-3-7-14-30/h4-5,8-9,12,17-20H,2-3,6-7,10-11,13-16H2,1H3,(H,29,34). The molecule has 4 heterocycles. The lowest BCUT2D eigenvalue weighted by Crippen LogP contribution is -2.40. The molecule has 0 saturated carbocycles. The molecule has 184 valence electrons. The van der Waals surface area contributed by atoms with Gasteiger partial charge in [-0.25, -0.2) is 9.31 Å². The number of likely N-dealkylation sites (tertiary alicyclic amines) is 2. The summed E-state index contributed by atoms with van der Waals surface area (Å²) < 4.78 is 7.42. The third kappa shape index (κ3) is 4.97. The average molecular weight is 476 g/mol. The minimum atomic E-state index is -0.101. The zero-order valence-corrected chi connectivity index (χ0v) is 20.3. The van der Waals surface area contributed by atoms with Gasteiger partial charge in [-0.2, -0.15) is 5.10 Å². The second-order valence-corrected chi connectivity index (χ2v) is 9.32. The van der Waals surface area contributed by atoms with Crippen LogP contribution in [0.25, 0.3) is 5.52 Å². The summed E-state index contributed by atoms with van der Waals surface area (Å²) in [7, 11) is 0. The number of carbonyl (C=O) groups excluding carboxylic acids is 2. The van der Waals surface area contributed by atoms with E-state index in [1.807, 2.05) is 47.2 Å². The Kier molecular flexibility index (Phi) is 6.88. The minimum absolute atomic E-state index is 0.0793. The Labute approximate surface area is 205 Å². The molecule has 1 N–H and O–H groups in total. The highest BCUT2D eigenvalue weighted by Gasteiger charge is 2.26. The second-order valence-electron chi connectivity index (χ2n) is 9.32. The number of amides is 3. The maximum absolute atomic E-state index is 13.1. The highest BCUT2D eigenvalue weighted by Crippen LogP contribution is 2.31. The van der Waals surface area contributed by atoms with Crippen molar-refractivity contribution in [2.24, 2.45) is 0 Å². The maximum atomic E-state index is 13.1. The first kappa shape index (κ1) is 23.2. The monoisotopic (exact) mass is 475 g/mol. The molecule has 2 fully saturated rings. The topological polar surface area (TPSA) is 79.2 Å². The number of nitrogens with zero attached hydrogens (tertiary/aromatic N) is 4. The highest BCUT2D eigenvalue weighted by molar-refractivity contribution is 6.00. The Hall–Kier alpha value is -3.55. The molecular weight excluding hydrogens is 442 g/mol. The zero-order chi connectivity index (χ0) is 24.2. The molecule has 0 spiro atoms. The third-order valence-corrected chi connectivity index (χ3v) is 7.10. The Morgan fingerprint density at radius 3 is 2.57 bits per heavy atom. The summed E-state index contributed by atoms with van der Waals surface area (Å²) in [5.41, 5.74) is 3.44. The van der Waals surface area contributed by atoms with Crippen molar-refractivity contribution >= 4 is 23.1 Å². The molecule has 0 aliphatic carbocycles. The molecule has 0 radical (unpaired) electrons. The number of rotatable bonds is 5. The van der Waals surface area contributed by atoms with Gasteiger partial charge in [-0.05, 0) is 74.8 Å². The van der Waals surface area contributed by atoms with Gasteiger partial charge in [-0.3, -0.25) is 4.79 Å². The summed E-state index contributed by atoms with van der Waals surface area (Å²) in [6.07, 6.45) is 8.72. The van der Waals surface area contributed by atoms with Crippen LogP contribution in [0.4, 0.5) is 10.5 Å². The van der Waals surface area contributed by atoms with Crippen LogP contribution in [-0.2, 0) is 0 Å². The van der Waals surface area contributed by atoms with Gasteiger partial charge in [0.15, 0.2) is 0 Å². The molecule has 0 atom stereocenters. The van der Waals surface area contributed by atoms with Crippen LogP contribution in [0.2, 0.25) is 0 Å². The molecule has 8 nitrogen and oxygen atoms in total. The Balaban J connectivity index is 1.24. The van der Waals surface area contributed by atoms with Gasteiger partial charge in [-0.1, -0.05) is 12.1 Å². The molecular formula is C27H33N5O3. The summed E-state index contributed by atoms with van der Waals surface area (Å²) in [5.74, 6) is 1.10. The van der Waals surface area contributed by atoms with E-state index >= 15 is 0 Å². The molecule has 1 aromatic carbocycles. The number of urea groups is 1. The van der Waals surface area contributed by atoms with E-state index < -0.39 is 0 Å². The first-order valence-electron chi connectivity index (χ1n) is 12.7. The van der Waals surface area contributed by atoms with Crippen molar-refractivity contribution in [1.29, 1.82) is 0 Å². The molecule has 5 rings (SSSR count). The van der Waals surface area contributed by atoms with Crippen molar-refractivity contribution in [2.45, 2.75) is 44.9 Å². The third-order valence-electron chi connectivity index (χ3n) is 7.10. The van der Waals surface area contributed by atoms with Crippen molar-refractivity contribution in [3.05, 3.63) is 59.9 Å². The number of nitrogens with one attached hydrogen (secondary N) is 1. The van der Waals surface area contributed by atoms with E-state index in [0.717, 1.165) is 44.3 Å². The Morgan fingerprint density at radius 2 is 1.80 bits per heavy atom. The van der Waals surface area contributed by atoms with Crippen LogP contribution in [0.15, 0.2) is 48.8 Å². The number of para-hydroxylation sites is 2. The molecule has 0 bridgehead atoms. The Bertz CT molecular complexity index is 1190. The molecule has 3 amide bonds. The summed E-state index contributed by atoms with van der Waals surface area (Å²) in [5, 5.41) is 7.41. The lowest BCUT2D eigenvalue weighted by molar-refractivity contribution is 0.0726. The van der Waals surface area contributed by atoms with Gasteiger partial charge in [0, 0.05) is 32.4 Å². The SMILES string of the molecule is CCOc1ccccc1NC(=O)N1CCC(c2ccn3ncc(C(=O)N4CCCCC4)c3c2)CC1. The van der Waals surface area contributed by atoms with Crippen LogP contribution in [0.5, 0.6) is 5.75 Å². The molecule has 2 aromatic heterocycles. The molecule has 35 heavy (non-hydrogen) atoms. The van der Waals surface area contributed by atoms with Crippen molar-refractivity contribution in [1.82, 2.24) is 19.4 Å². The number of fused-ring (bicyclic) bond motifs is 1. The minimum Gasteiger partial charge on any atom is -0.492 e. The predicted octanol–water partition coefficient (Wildman–Crippen LogP) is 4.77. The van der Waals surface area contributed by atoms with Gasteiger partial charge in [0.05, 0.1) is 29.6 Å². The number of benzene rings is 1. The van der Waals surface area contributed by atoms with Crippen molar-refractivity contribution in [3.63, 3.8) is 0 Å². The summed E-state index contributed by atoms with van der Waals surface area (Å²) >= 11 is 0. The number of carbonyl (C=O) groups is 2. The fraction of sp³-hybridized carbons (Fsp3) is 0.444. The van der Waals surface area contributed by atoms with Crippen LogP contribution in [0.3, 0.4) is 0 Å². The number of anilines is 1. The van der Waals surface area contributed by atoms with E-state index in [1.54, 1.807) is 10.7 Å². The number of hydrogen-bond donors (Lipinski definition) is 1. The molecule has 2 saturated heterocycles. The zero-order valence-electron chi connectivity index (χ0n) is 20.3. The molecule has 2 aliphatic rings. The van der Waals surface area contributed by atoms with Crippen LogP contribution >= 0.6 is 0 Å². The van der Waals surface area contributed by atoms with Gasteiger partial charge >= 0.3 is 6.03 Å². The number of hydrogen-bond acceptors (Lipinski definition) is 4. The number of ether oxygens (including phenoxy) is 1. The molecule has 8 heteroatoms. The fourth-order valence-corrected chi connectivity index (χ4v) is 5.14. The van der Waals surface area contributed by atoms with Gasteiger partial charge < -0.3 is 19.9 Å². The summed E-state index contributed by atoms with van der Waals surface area (Å²) in [6, 6.07) is 11.6. The first-order valence-corrected chi connectivity index (χ1v) is 12.7. The van der Waals surface area contributed by atoms with Crippen LogP contribution < -0.4 is 10.1 Å². The van der Waals surface area contributed by atoms with E-state index in [0.29, 0.717) is 42.6 Å². The Morgan fingerprint density at radius 1 is 1.03 bits per heavy atom. The first-order chi connectivity index (χ1) is 17.1. The van der Waals surface area contributed by atoms with E-state index in [2.05, 4.69) is 22.5 Å². The number of piperidine rings is 2. The van der Waals surface area contributed by atoms with Crippen molar-refractivity contribution in [3.8, 4) is 5.75 Å². The van der Waals surface area contributed by atoms with E-state index in [9.17, 15) is 9.59 Å². The second kappa shape index (κ2) is 10.4. The van der Waals surface area contributed by atoms with Crippen LogP contribution in [-0.4, -0.2) is 64.1 Å². The molecule has 0 unspecified atom stereocenters. The average Bonchev–Trinajstić information content (AvgIpc) is 3.33. The number of aromatic nitrogens is 2. The maximum Gasteiger partial charge on any atom is 0.321 e. The fourth-order valence-electron chi connectivity index (χ4n) is 5.14. The summed E-state index contributed by atoms with van der Waals surface area (Å²) in [4.78, 5) is 29.8. The molecule has 3 aromatic rings. The van der Waals surface area contributed by atoms with Crippen LogP contribution in [0.1, 0.15) is 60.9 Å². The predicted molar refractivity (Wildman–Crippen MR) is 135 cm³/mol. The van der Waals surface area contributed by atoms with Gasteiger partial charge in [0.1, 0.15) is 5.75 Å². The van der Waals surface area contributed by atoms with E-state index in [4.69, 9.17) is 4.74 Å². The number of pyridine rings is 1. The van der Waals surface area contributed by atoms with E-state index in [1.165, 1.54) is 12.0 Å². The van der Waals surface area contributed by atoms with E-state index in [-0.39, 0.29) is 11.9 Å². The smallest absolute Gasteiger partial charge is 0.321 e. The summed E-state index contributed by atoms with van der Waals surface area (Å²) in [6.45, 7) is 5.48. The van der Waals surface area contributed by atoms with Gasteiger partial charge in [0.2, 0.25) is 0 Å². The lowest BCUT2D eigenvalue weighted by atomic mass is 9.89. The largest absolute Gasteiger partial charge is 0.492 e. The van der Waals surface area contributed by atoms with Crippen molar-refractivity contribution < 1.29 is 14.3 Å². The lowest BCUT2D eigenvalue weighted by Gasteiger charge is -2.32. The van der Waals surface area contributed by atoms with Crippen LogP contribution in [0, 0.1) is 0 Å². The van der Waals surface area contributed by atoms with Gasteiger partial charge in [-0.15, -0.1) is 0 Å². The molecule has 2 aliphatic heterocycles. The van der Waals surface area contributed by atoms with Crippen molar-refractivity contribution in [2.75, 3.05) is 38.1 Å². The normalized spacial score (nSPS) is 16.9. The van der Waals surface area contributed by atoms with Gasteiger partial charge in [0.25, 0.3) is 5.91 Å². The highest BCUT2D eigenvalue weighted by atomic mass is 16.5.